The minimum atomic E-state index is -0.0677. The molecule has 2 heterocycles. The summed E-state index contributed by atoms with van der Waals surface area (Å²) >= 11 is 0. The summed E-state index contributed by atoms with van der Waals surface area (Å²) in [6, 6.07) is 2.27. The molecule has 0 bridgehead atoms. The maximum atomic E-state index is 11.6. The topological polar surface area (TPSA) is 73.1 Å². The monoisotopic (exact) mass is 321 g/mol. The molecule has 1 aromatic heterocycles. The lowest BCUT2D eigenvalue weighted by molar-refractivity contribution is 0.236. The van der Waals surface area contributed by atoms with Crippen molar-refractivity contribution in [3.05, 3.63) is 17.5 Å². The molecule has 0 radical (unpaired) electrons. The Morgan fingerprint density at radius 2 is 2.22 bits per heavy atom. The zero-order valence-corrected chi connectivity index (χ0v) is 15.1. The van der Waals surface area contributed by atoms with E-state index in [1.807, 2.05) is 13.8 Å². The summed E-state index contributed by atoms with van der Waals surface area (Å²) in [6.45, 7) is 14.2. The predicted molar refractivity (Wildman–Crippen MR) is 92.3 cm³/mol. The van der Waals surface area contributed by atoms with Gasteiger partial charge < -0.3 is 10.6 Å². The molecule has 130 valence electrons. The SMILES string of the molecule is CC(C)NC(=O)NC[C@H]1CCN(Cc2cc(C(C)(C)C)n[nH]2)C1. The van der Waals surface area contributed by atoms with Crippen molar-refractivity contribution in [1.82, 2.24) is 25.7 Å². The molecule has 1 atom stereocenters. The van der Waals surface area contributed by atoms with Crippen LogP contribution in [-0.4, -0.2) is 46.8 Å². The van der Waals surface area contributed by atoms with E-state index >= 15 is 0 Å². The standard InChI is InChI=1S/C17H31N5O/c1-12(2)19-16(23)18-9-13-6-7-22(10-13)11-14-8-15(21-20-14)17(3,4)5/h8,12-13H,6-7,9-11H2,1-5H3,(H,20,21)(H2,18,19,23)/t13-/m1/s1. The molecule has 2 rings (SSSR count). The van der Waals surface area contributed by atoms with Crippen molar-refractivity contribution in [2.75, 3.05) is 19.6 Å². The molecule has 6 heteroatoms. The largest absolute Gasteiger partial charge is 0.338 e. The van der Waals surface area contributed by atoms with Gasteiger partial charge in [-0.05, 0) is 38.8 Å². The third kappa shape index (κ3) is 5.53. The Bertz CT molecular complexity index is 517. The molecule has 0 spiro atoms. The van der Waals surface area contributed by atoms with Gasteiger partial charge in [-0.1, -0.05) is 20.8 Å². The Morgan fingerprint density at radius 3 is 2.83 bits per heavy atom. The Labute approximate surface area is 139 Å². The molecule has 2 amide bonds. The van der Waals surface area contributed by atoms with Crippen molar-refractivity contribution < 1.29 is 4.79 Å². The number of nitrogens with zero attached hydrogens (tertiary/aromatic N) is 2. The minimum absolute atomic E-state index is 0.0677. The highest BCUT2D eigenvalue weighted by Crippen LogP contribution is 2.22. The molecule has 1 saturated heterocycles. The fourth-order valence-corrected chi connectivity index (χ4v) is 2.84. The molecule has 6 nitrogen and oxygen atoms in total. The Balaban J connectivity index is 1.75. The van der Waals surface area contributed by atoms with Crippen LogP contribution in [0.25, 0.3) is 0 Å². The first-order chi connectivity index (χ1) is 10.7. The summed E-state index contributed by atoms with van der Waals surface area (Å²) in [5, 5.41) is 13.4. The first-order valence-electron chi connectivity index (χ1n) is 8.55. The van der Waals surface area contributed by atoms with Gasteiger partial charge >= 0.3 is 6.03 Å². The van der Waals surface area contributed by atoms with Crippen molar-refractivity contribution in [2.24, 2.45) is 5.92 Å². The van der Waals surface area contributed by atoms with Crippen LogP contribution < -0.4 is 10.6 Å². The average Bonchev–Trinajstić information content (AvgIpc) is 3.05. The second-order valence-electron chi connectivity index (χ2n) is 7.93. The van der Waals surface area contributed by atoms with Crippen molar-refractivity contribution in [3.8, 4) is 0 Å². The number of aromatic amines is 1. The van der Waals surface area contributed by atoms with E-state index in [1.165, 1.54) is 5.69 Å². The third-order valence-corrected chi connectivity index (χ3v) is 4.13. The van der Waals surface area contributed by atoms with Gasteiger partial charge in [0.25, 0.3) is 0 Å². The van der Waals surface area contributed by atoms with Crippen molar-refractivity contribution in [3.63, 3.8) is 0 Å². The second-order valence-corrected chi connectivity index (χ2v) is 7.93. The molecule has 1 fully saturated rings. The molecule has 23 heavy (non-hydrogen) atoms. The summed E-state index contributed by atoms with van der Waals surface area (Å²) < 4.78 is 0. The molecule has 1 aliphatic rings. The maximum Gasteiger partial charge on any atom is 0.314 e. The smallest absolute Gasteiger partial charge is 0.314 e. The number of hydrogen-bond donors (Lipinski definition) is 3. The predicted octanol–water partition coefficient (Wildman–Crippen LogP) is 2.24. The van der Waals surface area contributed by atoms with Crippen LogP contribution in [0.15, 0.2) is 6.07 Å². The lowest BCUT2D eigenvalue weighted by Crippen LogP contribution is -2.41. The summed E-state index contributed by atoms with van der Waals surface area (Å²) in [4.78, 5) is 14.1. The van der Waals surface area contributed by atoms with E-state index in [0.29, 0.717) is 5.92 Å². The number of amides is 2. The van der Waals surface area contributed by atoms with Gasteiger partial charge in [0.1, 0.15) is 0 Å². The normalized spacial score (nSPS) is 19.3. The van der Waals surface area contributed by atoms with E-state index in [9.17, 15) is 4.79 Å². The van der Waals surface area contributed by atoms with Crippen LogP contribution in [0.5, 0.6) is 0 Å². The number of rotatable bonds is 5. The summed E-state index contributed by atoms with van der Waals surface area (Å²) in [6.07, 6.45) is 1.13. The van der Waals surface area contributed by atoms with Crippen molar-refractivity contribution in [2.45, 2.75) is 59.0 Å². The number of nitrogens with one attached hydrogen (secondary N) is 3. The maximum absolute atomic E-state index is 11.6. The summed E-state index contributed by atoms with van der Waals surface area (Å²) in [5.74, 6) is 0.526. The zero-order valence-electron chi connectivity index (χ0n) is 15.1. The van der Waals surface area contributed by atoms with Gasteiger partial charge in [0.15, 0.2) is 0 Å². The van der Waals surface area contributed by atoms with Crippen LogP contribution in [0, 0.1) is 5.92 Å². The van der Waals surface area contributed by atoms with Crippen molar-refractivity contribution in [1.29, 1.82) is 0 Å². The van der Waals surface area contributed by atoms with E-state index < -0.39 is 0 Å². The fraction of sp³-hybridized carbons (Fsp3) is 0.765. The fourth-order valence-electron chi connectivity index (χ4n) is 2.84. The van der Waals surface area contributed by atoms with Gasteiger partial charge in [0.05, 0.1) is 5.69 Å². The number of carbonyl (C=O) groups excluding carboxylic acids is 1. The summed E-state index contributed by atoms with van der Waals surface area (Å²) in [5.41, 5.74) is 2.35. The Morgan fingerprint density at radius 1 is 1.48 bits per heavy atom. The van der Waals surface area contributed by atoms with Gasteiger partial charge in [-0.15, -0.1) is 0 Å². The van der Waals surface area contributed by atoms with Crippen LogP contribution in [0.1, 0.15) is 52.4 Å². The average molecular weight is 321 g/mol. The highest BCUT2D eigenvalue weighted by molar-refractivity contribution is 5.74. The Kier molecular flexibility index (Phi) is 5.68. The van der Waals surface area contributed by atoms with E-state index in [0.717, 1.165) is 38.3 Å². The minimum Gasteiger partial charge on any atom is -0.338 e. The summed E-state index contributed by atoms with van der Waals surface area (Å²) in [7, 11) is 0. The van der Waals surface area contributed by atoms with Crippen LogP contribution in [0.4, 0.5) is 4.79 Å². The molecule has 3 N–H and O–H groups in total. The molecule has 0 unspecified atom stereocenters. The number of urea groups is 1. The van der Waals surface area contributed by atoms with Gasteiger partial charge in [0, 0.05) is 36.8 Å². The number of aromatic nitrogens is 2. The molecular formula is C17H31N5O. The number of likely N-dealkylation sites (tertiary alicyclic amines) is 1. The number of H-pyrrole nitrogens is 1. The number of carbonyl (C=O) groups is 1. The lowest BCUT2D eigenvalue weighted by atomic mass is 9.92. The zero-order chi connectivity index (χ0) is 17.0. The van der Waals surface area contributed by atoms with Gasteiger partial charge in [0.2, 0.25) is 0 Å². The molecule has 1 aromatic rings. The van der Waals surface area contributed by atoms with Gasteiger partial charge in [-0.2, -0.15) is 5.10 Å². The van der Waals surface area contributed by atoms with E-state index in [-0.39, 0.29) is 17.5 Å². The first-order valence-corrected chi connectivity index (χ1v) is 8.55. The molecule has 1 aliphatic heterocycles. The molecule has 0 saturated carbocycles. The van der Waals surface area contributed by atoms with Crippen LogP contribution in [0.3, 0.4) is 0 Å². The van der Waals surface area contributed by atoms with Crippen LogP contribution in [0.2, 0.25) is 0 Å². The van der Waals surface area contributed by atoms with E-state index in [4.69, 9.17) is 0 Å². The van der Waals surface area contributed by atoms with E-state index in [1.54, 1.807) is 0 Å². The third-order valence-electron chi connectivity index (χ3n) is 4.13. The van der Waals surface area contributed by atoms with Crippen LogP contribution >= 0.6 is 0 Å². The van der Waals surface area contributed by atoms with Crippen LogP contribution in [-0.2, 0) is 12.0 Å². The lowest BCUT2D eigenvalue weighted by Gasteiger charge is -2.16. The molecule has 0 aliphatic carbocycles. The first kappa shape index (κ1) is 17.8. The quantitative estimate of drug-likeness (QED) is 0.779. The van der Waals surface area contributed by atoms with Crippen molar-refractivity contribution >= 4 is 6.03 Å². The van der Waals surface area contributed by atoms with E-state index in [2.05, 4.69) is 52.6 Å². The molecular weight excluding hydrogens is 290 g/mol. The van der Waals surface area contributed by atoms with Gasteiger partial charge in [-0.25, -0.2) is 4.79 Å². The highest BCUT2D eigenvalue weighted by atomic mass is 16.2. The molecule has 0 aromatic carbocycles. The Hall–Kier alpha value is -1.56. The van der Waals surface area contributed by atoms with Gasteiger partial charge in [-0.3, -0.25) is 10.00 Å². The highest BCUT2D eigenvalue weighted by Gasteiger charge is 2.24. The second kappa shape index (κ2) is 7.34. The number of hydrogen-bond acceptors (Lipinski definition) is 3.